The van der Waals surface area contributed by atoms with Gasteiger partial charge in [0.15, 0.2) is 0 Å². The minimum Gasteiger partial charge on any atom is -0.454 e. The van der Waals surface area contributed by atoms with E-state index in [0.29, 0.717) is 16.3 Å². The average Bonchev–Trinajstić information content (AvgIpc) is 3.01. The van der Waals surface area contributed by atoms with E-state index < -0.39 is 20.0 Å². The summed E-state index contributed by atoms with van der Waals surface area (Å²) in [6.45, 7) is 0. The maximum absolute atomic E-state index is 12.4. The zero-order valence-corrected chi connectivity index (χ0v) is 26.4. The zero-order chi connectivity index (χ0) is 30.8. The highest BCUT2D eigenvalue weighted by molar-refractivity contribution is 9.08. The van der Waals surface area contributed by atoms with E-state index in [0.717, 1.165) is 0 Å². The highest BCUT2D eigenvalue weighted by Crippen LogP contribution is 2.38. The van der Waals surface area contributed by atoms with E-state index in [1.165, 1.54) is 28.0 Å². The lowest BCUT2D eigenvalue weighted by molar-refractivity contribution is -0.167. The molecule has 0 unspecified atom stereocenters. The first-order valence-corrected chi connectivity index (χ1v) is 16.0. The number of amides is 1. The summed E-state index contributed by atoms with van der Waals surface area (Å²) in [6.07, 6.45) is -5.00. The fourth-order valence-electron chi connectivity index (χ4n) is 3.92. The molecule has 0 saturated heterocycles. The van der Waals surface area contributed by atoms with Gasteiger partial charge in [-0.15, -0.1) is 0 Å². The molecule has 5 aromatic rings. The second kappa shape index (κ2) is 15.4. The van der Waals surface area contributed by atoms with Gasteiger partial charge in [0.2, 0.25) is 0 Å². The largest absolute Gasteiger partial charge is 0.471 e. The van der Waals surface area contributed by atoms with Crippen molar-refractivity contribution in [3.63, 3.8) is 0 Å². The summed E-state index contributed by atoms with van der Waals surface area (Å²) in [5, 5.41) is 6.53. The summed E-state index contributed by atoms with van der Waals surface area (Å²) in [4.78, 5) is 11.1. The van der Waals surface area contributed by atoms with Crippen molar-refractivity contribution >= 4 is 74.6 Å². The predicted octanol–water partition coefficient (Wildman–Crippen LogP) is 9.63. The molecule has 1 amide bonds. The normalized spacial score (nSPS) is 11.0. The molecule has 10 heteroatoms. The number of alkyl halides is 4. The van der Waals surface area contributed by atoms with Crippen molar-refractivity contribution in [2.45, 2.75) is 11.5 Å². The van der Waals surface area contributed by atoms with Gasteiger partial charge in [0, 0.05) is 11.0 Å². The van der Waals surface area contributed by atoms with Gasteiger partial charge in [0.05, 0.1) is 10.0 Å². The van der Waals surface area contributed by atoms with Crippen LogP contribution < -0.4 is 26.0 Å². The van der Waals surface area contributed by atoms with Crippen LogP contribution in [0.1, 0.15) is 5.56 Å². The lowest BCUT2D eigenvalue weighted by Gasteiger charge is -2.18. The summed E-state index contributed by atoms with van der Waals surface area (Å²) < 4.78 is 42.7. The van der Waals surface area contributed by atoms with Crippen LogP contribution in [0.2, 0.25) is 10.0 Å². The molecule has 0 aliphatic heterocycles. The molecule has 0 atom stereocenters. The predicted molar refractivity (Wildman–Crippen MR) is 175 cm³/mol. The molecule has 0 aliphatic rings. The van der Waals surface area contributed by atoms with Crippen LogP contribution in [0.25, 0.3) is 0 Å². The molecule has 5 aromatic carbocycles. The van der Waals surface area contributed by atoms with Gasteiger partial charge < -0.3 is 10.1 Å². The standard InChI is InChI=1S/C18H15P.C15H9BrCl2F3NO2/c1-4-10-16(11-5-1)19(17-12-6-2-7-13-17)18-14-8-3-9-15-18;16-7-8-5-13(24-12-4-2-1-3-9(12)17)10(18)6-11(8)22-14(23)15(19,20)21/h1-15H;1-6H,7H2,(H,22,23). The Morgan fingerprint density at radius 2 is 1.16 bits per heavy atom. The number of carbonyl (C=O) groups excluding carboxylic acids is 1. The lowest BCUT2D eigenvalue weighted by Crippen LogP contribution is -2.30. The molecular formula is C33H24BrCl2F3NO2P. The summed E-state index contributed by atoms with van der Waals surface area (Å²) >= 11 is 15.2. The number of para-hydroxylation sites is 1. The SMILES string of the molecule is O=C(Nc1cc(Cl)c(Oc2ccccc2Cl)cc1CBr)C(F)(F)F.c1ccc(P(c2ccccc2)c2ccccc2)cc1. The Morgan fingerprint density at radius 3 is 1.60 bits per heavy atom. The highest BCUT2D eigenvalue weighted by atomic mass is 79.9. The van der Waals surface area contributed by atoms with E-state index in [4.69, 9.17) is 27.9 Å². The summed E-state index contributed by atoms with van der Waals surface area (Å²) in [6, 6.07) is 41.6. The van der Waals surface area contributed by atoms with Crippen LogP contribution in [0.5, 0.6) is 11.5 Å². The minimum absolute atomic E-state index is 0.0251. The van der Waals surface area contributed by atoms with Crippen molar-refractivity contribution in [1.82, 2.24) is 0 Å². The first-order valence-electron chi connectivity index (χ1n) is 12.8. The van der Waals surface area contributed by atoms with Crippen LogP contribution in [-0.2, 0) is 10.1 Å². The zero-order valence-electron chi connectivity index (χ0n) is 22.4. The molecule has 0 saturated carbocycles. The molecular weight excluding hydrogens is 681 g/mol. The monoisotopic (exact) mass is 703 g/mol. The molecule has 0 spiro atoms. The van der Waals surface area contributed by atoms with Gasteiger partial charge in [-0.3, -0.25) is 4.79 Å². The van der Waals surface area contributed by atoms with Crippen molar-refractivity contribution in [2.24, 2.45) is 0 Å². The molecule has 5 rings (SSSR count). The molecule has 0 fully saturated rings. The summed E-state index contributed by atoms with van der Waals surface area (Å²) in [7, 11) is -0.446. The van der Waals surface area contributed by atoms with E-state index in [-0.39, 0.29) is 21.8 Å². The van der Waals surface area contributed by atoms with E-state index in [9.17, 15) is 18.0 Å². The van der Waals surface area contributed by atoms with E-state index in [2.05, 4.69) is 107 Å². The maximum Gasteiger partial charge on any atom is 0.471 e. The number of hydrogen-bond acceptors (Lipinski definition) is 2. The van der Waals surface area contributed by atoms with Crippen molar-refractivity contribution in [3.8, 4) is 11.5 Å². The number of rotatable bonds is 7. The van der Waals surface area contributed by atoms with Crippen LogP contribution >= 0.6 is 47.1 Å². The minimum atomic E-state index is -5.00. The van der Waals surface area contributed by atoms with Gasteiger partial charge >= 0.3 is 12.1 Å². The van der Waals surface area contributed by atoms with Crippen molar-refractivity contribution in [2.75, 3.05) is 5.32 Å². The molecule has 0 bridgehead atoms. The third-order valence-electron chi connectivity index (χ3n) is 5.91. The Balaban J connectivity index is 0.000000202. The molecule has 0 aliphatic carbocycles. The van der Waals surface area contributed by atoms with Gasteiger partial charge in [0.1, 0.15) is 11.5 Å². The van der Waals surface area contributed by atoms with Gasteiger partial charge in [0.25, 0.3) is 0 Å². The Morgan fingerprint density at radius 1 is 0.698 bits per heavy atom. The summed E-state index contributed by atoms with van der Waals surface area (Å²) in [5.74, 6) is -1.54. The quantitative estimate of drug-likeness (QED) is 0.135. The number of carbonyl (C=O) groups is 1. The molecule has 0 radical (unpaired) electrons. The van der Waals surface area contributed by atoms with Crippen molar-refractivity contribution in [1.29, 1.82) is 0 Å². The number of hydrogen-bond donors (Lipinski definition) is 1. The van der Waals surface area contributed by atoms with Crippen LogP contribution in [0, 0.1) is 0 Å². The Labute approximate surface area is 267 Å². The second-order valence-corrected chi connectivity index (χ2v) is 12.5. The fourth-order valence-corrected chi connectivity index (χ4v) is 7.06. The van der Waals surface area contributed by atoms with Gasteiger partial charge in [-0.1, -0.05) is 142 Å². The van der Waals surface area contributed by atoms with Gasteiger partial charge in [-0.25, -0.2) is 0 Å². The molecule has 43 heavy (non-hydrogen) atoms. The lowest BCUT2D eigenvalue weighted by atomic mass is 10.2. The average molecular weight is 705 g/mol. The van der Waals surface area contributed by atoms with Crippen LogP contribution in [0.3, 0.4) is 0 Å². The first-order chi connectivity index (χ1) is 20.7. The smallest absolute Gasteiger partial charge is 0.454 e. The van der Waals surface area contributed by atoms with E-state index in [1.54, 1.807) is 29.6 Å². The third-order valence-corrected chi connectivity index (χ3v) is 9.56. The Bertz CT molecular complexity index is 1550. The third kappa shape index (κ3) is 9.07. The van der Waals surface area contributed by atoms with Crippen molar-refractivity contribution in [3.05, 3.63) is 143 Å². The number of ether oxygens (including phenoxy) is 1. The molecule has 0 heterocycles. The number of nitrogens with one attached hydrogen (secondary N) is 1. The Hall–Kier alpha value is -3.35. The Kier molecular flexibility index (Phi) is 11.7. The molecule has 1 N–H and O–H groups in total. The van der Waals surface area contributed by atoms with Crippen LogP contribution in [-0.4, -0.2) is 12.1 Å². The van der Waals surface area contributed by atoms with Gasteiger partial charge in [-0.05, 0) is 53.7 Å². The van der Waals surface area contributed by atoms with E-state index >= 15 is 0 Å². The van der Waals surface area contributed by atoms with Crippen molar-refractivity contribution < 1.29 is 22.7 Å². The molecule has 0 aromatic heterocycles. The van der Waals surface area contributed by atoms with Crippen LogP contribution in [0.4, 0.5) is 18.9 Å². The molecule has 3 nitrogen and oxygen atoms in total. The summed E-state index contributed by atoms with van der Waals surface area (Å²) in [5.41, 5.74) is 0.296. The van der Waals surface area contributed by atoms with E-state index in [1.807, 2.05) is 0 Å². The highest BCUT2D eigenvalue weighted by Gasteiger charge is 2.39. The fraction of sp³-hybridized carbons (Fsp3) is 0.0606. The maximum atomic E-state index is 12.4. The topological polar surface area (TPSA) is 38.3 Å². The number of halogens is 6. The number of anilines is 1. The van der Waals surface area contributed by atoms with Gasteiger partial charge in [-0.2, -0.15) is 13.2 Å². The first kappa shape index (κ1) is 32.6. The van der Waals surface area contributed by atoms with Crippen LogP contribution in [0.15, 0.2) is 127 Å². The molecule has 220 valence electrons. The number of benzene rings is 5. The second-order valence-electron chi connectivity index (χ2n) is 8.90.